The molecule has 5 nitrogen and oxygen atoms in total. The van der Waals surface area contributed by atoms with Gasteiger partial charge in [0.1, 0.15) is 17.3 Å². The summed E-state index contributed by atoms with van der Waals surface area (Å²) in [6, 6.07) is 4.52. The number of aromatic nitrogens is 1. The first-order valence-electron chi connectivity index (χ1n) is 5.96. The quantitative estimate of drug-likeness (QED) is 0.555. The van der Waals surface area contributed by atoms with Gasteiger partial charge in [-0.3, -0.25) is 20.4 Å². The van der Waals surface area contributed by atoms with Crippen molar-refractivity contribution in [2.75, 3.05) is 5.75 Å². The fourth-order valence-electron chi connectivity index (χ4n) is 1.46. The van der Waals surface area contributed by atoms with E-state index in [0.29, 0.717) is 4.47 Å². The van der Waals surface area contributed by atoms with Crippen molar-refractivity contribution in [3.8, 4) is 0 Å². The van der Waals surface area contributed by atoms with E-state index in [4.69, 9.17) is 0 Å². The van der Waals surface area contributed by atoms with Gasteiger partial charge in [0, 0.05) is 15.6 Å². The summed E-state index contributed by atoms with van der Waals surface area (Å²) >= 11 is 4.00. The number of thioether (sulfide) groups is 1. The highest BCUT2D eigenvalue weighted by molar-refractivity contribution is 9.10. The van der Waals surface area contributed by atoms with Crippen LogP contribution in [0.1, 0.15) is 10.5 Å². The van der Waals surface area contributed by atoms with Gasteiger partial charge in [-0.2, -0.15) is 0 Å². The Bertz CT molecular complexity index is 708. The highest BCUT2D eigenvalue weighted by Crippen LogP contribution is 2.22. The Hall–Kier alpha value is -1.87. The minimum atomic E-state index is -0.612. The SMILES string of the molecule is O=C(CSc1cc(F)ccc1F)NNC(=O)c1cc(Br)c[nH]1. The highest BCUT2D eigenvalue weighted by atomic mass is 79.9. The summed E-state index contributed by atoms with van der Waals surface area (Å²) in [6.07, 6.45) is 1.57. The van der Waals surface area contributed by atoms with Crippen LogP contribution in [0.4, 0.5) is 8.78 Å². The number of hydrazine groups is 1. The molecular weight excluding hydrogens is 380 g/mol. The molecule has 0 aliphatic heterocycles. The molecule has 0 atom stereocenters. The van der Waals surface area contributed by atoms with Gasteiger partial charge < -0.3 is 4.98 Å². The summed E-state index contributed by atoms with van der Waals surface area (Å²) < 4.78 is 27.0. The Morgan fingerprint density at radius 1 is 1.23 bits per heavy atom. The molecule has 2 rings (SSSR count). The Kier molecular flexibility index (Phi) is 5.56. The molecule has 0 aliphatic carbocycles. The zero-order valence-electron chi connectivity index (χ0n) is 11.0. The second-order valence-corrected chi connectivity index (χ2v) is 6.03. The number of H-pyrrole nitrogens is 1. The minimum Gasteiger partial charge on any atom is -0.356 e. The van der Waals surface area contributed by atoms with Crippen LogP contribution in [0.15, 0.2) is 39.8 Å². The van der Waals surface area contributed by atoms with Crippen LogP contribution in [-0.4, -0.2) is 22.6 Å². The van der Waals surface area contributed by atoms with E-state index < -0.39 is 23.4 Å². The molecule has 0 radical (unpaired) electrons. The van der Waals surface area contributed by atoms with Crippen LogP contribution in [0, 0.1) is 11.6 Å². The van der Waals surface area contributed by atoms with Crippen molar-refractivity contribution in [2.45, 2.75) is 4.90 Å². The maximum absolute atomic E-state index is 13.4. The van der Waals surface area contributed by atoms with Gasteiger partial charge in [0.25, 0.3) is 5.91 Å². The number of nitrogens with one attached hydrogen (secondary N) is 3. The van der Waals surface area contributed by atoms with Crippen LogP contribution in [-0.2, 0) is 4.79 Å². The third kappa shape index (κ3) is 4.57. The smallest absolute Gasteiger partial charge is 0.286 e. The number of amides is 2. The predicted octanol–water partition coefficient (Wildman–Crippen LogP) is 2.61. The normalized spacial score (nSPS) is 10.3. The summed E-state index contributed by atoms with van der Waals surface area (Å²) in [5.41, 5.74) is 4.65. The molecule has 2 aromatic rings. The van der Waals surface area contributed by atoms with E-state index in [-0.39, 0.29) is 16.3 Å². The van der Waals surface area contributed by atoms with Gasteiger partial charge in [-0.05, 0) is 40.2 Å². The lowest BCUT2D eigenvalue weighted by Gasteiger charge is -2.06. The van der Waals surface area contributed by atoms with E-state index >= 15 is 0 Å². The first-order chi connectivity index (χ1) is 10.5. The number of rotatable bonds is 4. The van der Waals surface area contributed by atoms with Crippen molar-refractivity contribution in [3.05, 3.63) is 52.3 Å². The summed E-state index contributed by atoms with van der Waals surface area (Å²) in [4.78, 5) is 25.9. The number of benzene rings is 1. The highest BCUT2D eigenvalue weighted by Gasteiger charge is 2.11. The molecule has 3 N–H and O–H groups in total. The van der Waals surface area contributed by atoms with Crippen molar-refractivity contribution < 1.29 is 18.4 Å². The molecule has 1 aromatic heterocycles. The Labute approximate surface area is 137 Å². The maximum atomic E-state index is 13.4. The number of hydrogen-bond donors (Lipinski definition) is 3. The van der Waals surface area contributed by atoms with E-state index in [1.165, 1.54) is 0 Å². The van der Waals surface area contributed by atoms with E-state index in [0.717, 1.165) is 30.0 Å². The van der Waals surface area contributed by atoms with E-state index in [9.17, 15) is 18.4 Å². The molecule has 0 aliphatic rings. The lowest BCUT2D eigenvalue weighted by Crippen LogP contribution is -2.42. The van der Waals surface area contributed by atoms with Crippen LogP contribution in [0.25, 0.3) is 0 Å². The minimum absolute atomic E-state index is 0.0229. The summed E-state index contributed by atoms with van der Waals surface area (Å²) in [7, 11) is 0. The third-order valence-corrected chi connectivity index (χ3v) is 3.95. The first-order valence-corrected chi connectivity index (χ1v) is 7.74. The standard InChI is InChI=1S/C13H10BrF2N3O2S/c14-7-3-10(17-5-7)13(21)19-18-12(20)6-22-11-4-8(15)1-2-9(11)16/h1-5,17H,6H2,(H,18,20)(H,19,21). The van der Waals surface area contributed by atoms with E-state index in [1.54, 1.807) is 12.3 Å². The lowest BCUT2D eigenvalue weighted by molar-refractivity contribution is -0.119. The molecule has 1 heterocycles. The Morgan fingerprint density at radius 2 is 2.00 bits per heavy atom. The zero-order chi connectivity index (χ0) is 16.1. The summed E-state index contributed by atoms with van der Waals surface area (Å²) in [5, 5.41) is 0. The maximum Gasteiger partial charge on any atom is 0.286 e. The molecule has 9 heteroatoms. The number of hydrogen-bond acceptors (Lipinski definition) is 3. The fourth-order valence-corrected chi connectivity index (χ4v) is 2.56. The van der Waals surface area contributed by atoms with Crippen molar-refractivity contribution in [3.63, 3.8) is 0 Å². The Balaban J connectivity index is 1.81. The van der Waals surface area contributed by atoms with E-state index in [1.807, 2.05) is 0 Å². The van der Waals surface area contributed by atoms with Gasteiger partial charge >= 0.3 is 0 Å². The monoisotopic (exact) mass is 389 g/mol. The van der Waals surface area contributed by atoms with E-state index in [2.05, 4.69) is 31.8 Å². The van der Waals surface area contributed by atoms with Crippen molar-refractivity contribution >= 4 is 39.5 Å². The molecule has 0 spiro atoms. The van der Waals surface area contributed by atoms with Gasteiger partial charge in [0.2, 0.25) is 5.91 Å². The van der Waals surface area contributed by atoms with Gasteiger partial charge in [-0.25, -0.2) is 8.78 Å². The van der Waals surface area contributed by atoms with Crippen molar-refractivity contribution in [2.24, 2.45) is 0 Å². The predicted molar refractivity (Wildman–Crippen MR) is 81.2 cm³/mol. The molecule has 0 bridgehead atoms. The largest absolute Gasteiger partial charge is 0.356 e. The van der Waals surface area contributed by atoms with Crippen LogP contribution >= 0.6 is 27.7 Å². The molecular formula is C13H10BrF2N3O2S. The van der Waals surface area contributed by atoms with Crippen LogP contribution in [0.2, 0.25) is 0 Å². The van der Waals surface area contributed by atoms with Crippen molar-refractivity contribution in [1.82, 2.24) is 15.8 Å². The number of aromatic amines is 1. The summed E-state index contributed by atoms with van der Waals surface area (Å²) in [6.45, 7) is 0. The second-order valence-electron chi connectivity index (χ2n) is 4.10. The topological polar surface area (TPSA) is 74.0 Å². The van der Waals surface area contributed by atoms with Gasteiger partial charge in [0.05, 0.1) is 5.75 Å². The fraction of sp³-hybridized carbons (Fsp3) is 0.0769. The molecule has 0 saturated heterocycles. The van der Waals surface area contributed by atoms with Gasteiger partial charge in [0.15, 0.2) is 0 Å². The average molecular weight is 390 g/mol. The molecule has 22 heavy (non-hydrogen) atoms. The molecule has 0 saturated carbocycles. The number of carbonyl (C=O) groups excluding carboxylic acids is 2. The number of halogens is 3. The molecule has 116 valence electrons. The van der Waals surface area contributed by atoms with Crippen LogP contribution < -0.4 is 10.9 Å². The molecule has 0 unspecified atom stereocenters. The first kappa shape index (κ1) is 16.5. The summed E-state index contributed by atoms with van der Waals surface area (Å²) in [5.74, 6) is -2.45. The third-order valence-electron chi connectivity index (χ3n) is 2.46. The lowest BCUT2D eigenvalue weighted by atomic mass is 10.3. The second kappa shape index (κ2) is 7.41. The zero-order valence-corrected chi connectivity index (χ0v) is 13.4. The Morgan fingerprint density at radius 3 is 2.68 bits per heavy atom. The number of carbonyl (C=O) groups is 2. The molecule has 0 fully saturated rings. The van der Waals surface area contributed by atoms with Crippen LogP contribution in [0.3, 0.4) is 0 Å². The molecule has 1 aromatic carbocycles. The van der Waals surface area contributed by atoms with Gasteiger partial charge in [-0.15, -0.1) is 11.8 Å². The van der Waals surface area contributed by atoms with Crippen LogP contribution in [0.5, 0.6) is 0 Å². The van der Waals surface area contributed by atoms with Gasteiger partial charge in [-0.1, -0.05) is 0 Å². The average Bonchev–Trinajstić information content (AvgIpc) is 2.92. The molecule has 2 amide bonds. The van der Waals surface area contributed by atoms with Crippen molar-refractivity contribution in [1.29, 1.82) is 0 Å².